The summed E-state index contributed by atoms with van der Waals surface area (Å²) in [4.78, 5) is 4.12. The molecule has 1 N–H and O–H groups in total. The molecule has 0 atom stereocenters. The van der Waals surface area contributed by atoms with Crippen LogP contribution in [0.4, 0.5) is 0 Å². The van der Waals surface area contributed by atoms with Crippen LogP contribution in [0.2, 0.25) is 5.02 Å². The summed E-state index contributed by atoms with van der Waals surface area (Å²) in [5.41, 5.74) is 2.19. The number of benzene rings is 1. The predicted molar refractivity (Wildman–Crippen MR) is 82.0 cm³/mol. The summed E-state index contributed by atoms with van der Waals surface area (Å²) in [6.45, 7) is 0. The number of halogens is 1. The molecule has 0 aliphatic heterocycles. The normalized spacial score (nSPS) is 10.4. The summed E-state index contributed by atoms with van der Waals surface area (Å²) in [5, 5.41) is 24.0. The summed E-state index contributed by atoms with van der Waals surface area (Å²) in [6.07, 6.45) is 2.07. The van der Waals surface area contributed by atoms with Gasteiger partial charge in [0.15, 0.2) is 5.82 Å². The van der Waals surface area contributed by atoms with E-state index in [9.17, 15) is 5.11 Å². The highest BCUT2D eigenvalue weighted by atomic mass is 35.5. The van der Waals surface area contributed by atoms with Gasteiger partial charge in [0.2, 0.25) is 5.88 Å². The van der Waals surface area contributed by atoms with Crippen LogP contribution in [0.15, 0.2) is 48.7 Å². The summed E-state index contributed by atoms with van der Waals surface area (Å²) in [5.74, 6) is 0.380. The zero-order chi connectivity index (χ0) is 15.5. The Morgan fingerprint density at radius 3 is 2.68 bits per heavy atom. The lowest BCUT2D eigenvalue weighted by atomic mass is 10.1. The van der Waals surface area contributed by atoms with Crippen LogP contribution in [0.1, 0.15) is 16.8 Å². The van der Waals surface area contributed by atoms with E-state index in [0.717, 1.165) is 5.56 Å². The Labute approximate surface area is 132 Å². The van der Waals surface area contributed by atoms with Crippen molar-refractivity contribution in [3.8, 4) is 17.8 Å². The molecule has 0 fully saturated rings. The number of hydrogen-bond acceptors (Lipinski definition) is 4. The molecular weight excluding hydrogens is 300 g/mol. The van der Waals surface area contributed by atoms with E-state index < -0.39 is 0 Å². The Morgan fingerprint density at radius 2 is 1.95 bits per heavy atom. The minimum atomic E-state index is -0.0217. The van der Waals surface area contributed by atoms with E-state index in [4.69, 9.17) is 16.9 Å². The van der Waals surface area contributed by atoms with Gasteiger partial charge in [-0.1, -0.05) is 23.7 Å². The van der Waals surface area contributed by atoms with Crippen LogP contribution in [0.3, 0.4) is 0 Å². The van der Waals surface area contributed by atoms with Gasteiger partial charge in [0.25, 0.3) is 0 Å². The fraction of sp³-hybridized carbons (Fsp3) is 0.0625. The molecule has 6 heteroatoms. The van der Waals surface area contributed by atoms with Crippen molar-refractivity contribution in [1.29, 1.82) is 5.26 Å². The molecule has 0 bridgehead atoms. The van der Waals surface area contributed by atoms with Crippen LogP contribution in [0, 0.1) is 11.3 Å². The van der Waals surface area contributed by atoms with Crippen molar-refractivity contribution in [3.05, 3.63) is 70.5 Å². The molecule has 0 amide bonds. The van der Waals surface area contributed by atoms with Crippen molar-refractivity contribution in [2.75, 3.05) is 0 Å². The maximum Gasteiger partial charge on any atom is 0.215 e. The van der Waals surface area contributed by atoms with Crippen molar-refractivity contribution < 1.29 is 5.11 Å². The maximum atomic E-state index is 10.0. The van der Waals surface area contributed by atoms with E-state index in [2.05, 4.69) is 10.1 Å². The monoisotopic (exact) mass is 310 g/mol. The van der Waals surface area contributed by atoms with Crippen molar-refractivity contribution in [2.24, 2.45) is 0 Å². The third kappa shape index (κ3) is 2.92. The van der Waals surface area contributed by atoms with Gasteiger partial charge in [-0.05, 0) is 23.8 Å². The molecule has 0 saturated heterocycles. The van der Waals surface area contributed by atoms with Gasteiger partial charge in [0.05, 0.1) is 17.3 Å². The molecule has 3 rings (SSSR count). The Bertz CT molecular complexity index is 849. The van der Waals surface area contributed by atoms with Crippen LogP contribution in [-0.4, -0.2) is 19.9 Å². The minimum absolute atomic E-state index is 0.0217. The van der Waals surface area contributed by atoms with Crippen LogP contribution < -0.4 is 0 Å². The zero-order valence-electron chi connectivity index (χ0n) is 11.4. The van der Waals surface area contributed by atoms with E-state index >= 15 is 0 Å². The number of nitriles is 1. The first-order valence-corrected chi connectivity index (χ1v) is 6.92. The highest BCUT2D eigenvalue weighted by Crippen LogP contribution is 2.20. The van der Waals surface area contributed by atoms with Gasteiger partial charge in [-0.2, -0.15) is 15.0 Å². The van der Waals surface area contributed by atoms with E-state index in [1.54, 1.807) is 18.2 Å². The molecule has 0 aliphatic carbocycles. The van der Waals surface area contributed by atoms with E-state index in [1.807, 2.05) is 30.3 Å². The van der Waals surface area contributed by atoms with E-state index in [0.29, 0.717) is 28.5 Å². The quantitative estimate of drug-likeness (QED) is 0.806. The number of aromatic hydroxyl groups is 1. The SMILES string of the molecule is N#Cc1ccnc(-n2nc(Cc3ccc(Cl)cc3)cc2O)c1. The molecule has 22 heavy (non-hydrogen) atoms. The molecule has 2 aromatic heterocycles. The number of pyridine rings is 1. The van der Waals surface area contributed by atoms with Crippen LogP contribution >= 0.6 is 11.6 Å². The lowest BCUT2D eigenvalue weighted by Crippen LogP contribution is -2.00. The second-order valence-corrected chi connectivity index (χ2v) is 5.16. The summed E-state index contributed by atoms with van der Waals surface area (Å²) in [6, 6.07) is 14.2. The topological polar surface area (TPSA) is 74.7 Å². The average molecular weight is 311 g/mol. The summed E-state index contributed by atoms with van der Waals surface area (Å²) in [7, 11) is 0. The molecule has 0 unspecified atom stereocenters. The Morgan fingerprint density at radius 1 is 1.18 bits per heavy atom. The first-order valence-electron chi connectivity index (χ1n) is 6.54. The van der Waals surface area contributed by atoms with Crippen molar-refractivity contribution in [3.63, 3.8) is 0 Å². The second kappa shape index (κ2) is 5.88. The molecule has 0 saturated carbocycles. The van der Waals surface area contributed by atoms with E-state index in [-0.39, 0.29) is 5.88 Å². The lowest BCUT2D eigenvalue weighted by molar-refractivity contribution is 0.432. The van der Waals surface area contributed by atoms with Gasteiger partial charge in [0.1, 0.15) is 0 Å². The van der Waals surface area contributed by atoms with E-state index in [1.165, 1.54) is 10.9 Å². The Balaban J connectivity index is 1.90. The lowest BCUT2D eigenvalue weighted by Gasteiger charge is -2.02. The molecule has 108 valence electrons. The third-order valence-electron chi connectivity index (χ3n) is 3.13. The molecule has 5 nitrogen and oxygen atoms in total. The first kappa shape index (κ1) is 14.1. The number of nitrogens with zero attached hydrogens (tertiary/aromatic N) is 4. The van der Waals surface area contributed by atoms with Crippen LogP contribution in [0.5, 0.6) is 5.88 Å². The molecule has 0 radical (unpaired) electrons. The summed E-state index contributed by atoms with van der Waals surface area (Å²) < 4.78 is 1.31. The minimum Gasteiger partial charge on any atom is -0.493 e. The second-order valence-electron chi connectivity index (χ2n) is 4.72. The third-order valence-corrected chi connectivity index (χ3v) is 3.38. The molecular formula is C16H11ClN4O. The number of rotatable bonds is 3. The van der Waals surface area contributed by atoms with Gasteiger partial charge in [0, 0.05) is 29.8 Å². The number of hydrogen-bond donors (Lipinski definition) is 1. The fourth-order valence-corrected chi connectivity index (χ4v) is 2.21. The first-order chi connectivity index (χ1) is 10.7. The smallest absolute Gasteiger partial charge is 0.215 e. The van der Waals surface area contributed by atoms with Crippen molar-refractivity contribution in [2.45, 2.75) is 6.42 Å². The van der Waals surface area contributed by atoms with Gasteiger partial charge in [-0.25, -0.2) is 4.98 Å². The molecule has 3 aromatic rings. The van der Waals surface area contributed by atoms with Gasteiger partial charge in [-0.3, -0.25) is 0 Å². The standard InChI is InChI=1S/C16H11ClN4O/c17-13-3-1-11(2-4-13)7-14-9-16(22)21(20-14)15-8-12(10-18)5-6-19-15/h1-6,8-9,22H,7H2. The van der Waals surface area contributed by atoms with Gasteiger partial charge < -0.3 is 5.11 Å². The van der Waals surface area contributed by atoms with Gasteiger partial charge in [-0.15, -0.1) is 0 Å². The largest absolute Gasteiger partial charge is 0.493 e. The number of aromatic nitrogens is 3. The molecule has 0 spiro atoms. The molecule has 1 aromatic carbocycles. The van der Waals surface area contributed by atoms with Crippen molar-refractivity contribution >= 4 is 11.6 Å². The fourth-order valence-electron chi connectivity index (χ4n) is 2.09. The zero-order valence-corrected chi connectivity index (χ0v) is 12.2. The van der Waals surface area contributed by atoms with Crippen LogP contribution in [-0.2, 0) is 6.42 Å². The summed E-state index contributed by atoms with van der Waals surface area (Å²) >= 11 is 5.86. The van der Waals surface area contributed by atoms with Crippen LogP contribution in [0.25, 0.3) is 5.82 Å². The Kier molecular flexibility index (Phi) is 3.77. The predicted octanol–water partition coefficient (Wildman–Crippen LogP) is 3.09. The highest BCUT2D eigenvalue weighted by molar-refractivity contribution is 6.30. The molecule has 0 aliphatic rings. The maximum absolute atomic E-state index is 10.0. The highest BCUT2D eigenvalue weighted by Gasteiger charge is 2.10. The van der Waals surface area contributed by atoms with Gasteiger partial charge >= 0.3 is 0 Å². The Hall–Kier alpha value is -2.84. The average Bonchev–Trinajstić information content (AvgIpc) is 2.90. The van der Waals surface area contributed by atoms with Crippen molar-refractivity contribution in [1.82, 2.24) is 14.8 Å². The molecule has 2 heterocycles.